The van der Waals surface area contributed by atoms with Gasteiger partial charge in [-0.15, -0.1) is 11.3 Å². The molecule has 1 atom stereocenters. The summed E-state index contributed by atoms with van der Waals surface area (Å²) >= 11 is 1.56. The van der Waals surface area contributed by atoms with E-state index in [1.54, 1.807) is 18.4 Å². The number of rotatable bonds is 10. The Morgan fingerprint density at radius 2 is 2.32 bits per heavy atom. The molecule has 0 aliphatic heterocycles. The number of thiazole rings is 1. The van der Waals surface area contributed by atoms with E-state index >= 15 is 0 Å². The highest BCUT2D eigenvalue weighted by Gasteiger charge is 2.08. The van der Waals surface area contributed by atoms with Crippen molar-refractivity contribution in [1.82, 2.24) is 20.5 Å². The van der Waals surface area contributed by atoms with Gasteiger partial charge in [0.25, 0.3) is 6.20 Å². The molecule has 0 amide bonds. The van der Waals surface area contributed by atoms with E-state index in [4.69, 9.17) is 0 Å². The second-order valence-electron chi connectivity index (χ2n) is 4.76. The second kappa shape index (κ2) is 9.49. The van der Waals surface area contributed by atoms with Crippen LogP contribution in [0, 0.1) is 10.1 Å². The van der Waals surface area contributed by atoms with Crippen molar-refractivity contribution in [2.75, 3.05) is 33.4 Å². The van der Waals surface area contributed by atoms with E-state index in [0.717, 1.165) is 23.4 Å². The molecule has 0 saturated carbocycles. The molecule has 0 bridgehead atoms. The summed E-state index contributed by atoms with van der Waals surface area (Å²) in [6, 6.07) is 0. The van der Waals surface area contributed by atoms with Gasteiger partial charge in [-0.1, -0.05) is 0 Å². The molecule has 8 nitrogen and oxygen atoms in total. The number of aromatic nitrogens is 1. The maximum absolute atomic E-state index is 12.0. The highest BCUT2D eigenvalue weighted by molar-refractivity contribution is 7.84. The van der Waals surface area contributed by atoms with Crippen molar-refractivity contribution < 1.29 is 9.13 Å². The Balaban J connectivity index is 2.37. The highest BCUT2D eigenvalue weighted by Crippen LogP contribution is 2.12. The van der Waals surface area contributed by atoms with Crippen molar-refractivity contribution in [3.05, 3.63) is 38.2 Å². The summed E-state index contributed by atoms with van der Waals surface area (Å²) in [5.41, 5.74) is 0.829. The van der Waals surface area contributed by atoms with Gasteiger partial charge in [0, 0.05) is 42.1 Å². The van der Waals surface area contributed by atoms with Gasteiger partial charge in [0.2, 0.25) is 0 Å². The molecular formula is C12H21N5O3S2. The SMILES string of the molecule is CNC(=C[N+](=O)[O-])NCCS(=O)Cc1csc(CN(C)C)n1. The molecule has 1 unspecified atom stereocenters. The maximum atomic E-state index is 12.0. The molecule has 1 rings (SSSR count). The van der Waals surface area contributed by atoms with E-state index in [1.165, 1.54) is 0 Å². The first-order chi connectivity index (χ1) is 10.4. The molecule has 0 aliphatic rings. The van der Waals surface area contributed by atoms with E-state index in [9.17, 15) is 14.3 Å². The van der Waals surface area contributed by atoms with Gasteiger partial charge in [-0.05, 0) is 14.1 Å². The van der Waals surface area contributed by atoms with Crippen molar-refractivity contribution in [1.29, 1.82) is 0 Å². The van der Waals surface area contributed by atoms with Crippen LogP contribution >= 0.6 is 11.3 Å². The van der Waals surface area contributed by atoms with E-state index in [2.05, 4.69) is 15.6 Å². The standard InChI is InChI=1S/C12H21N5O3S2/c1-13-11(6-17(18)19)14-4-5-22(20)9-10-8-21-12(15-10)7-16(2)3/h6,8,13-14H,4-5,7,9H2,1-3H3. The van der Waals surface area contributed by atoms with Gasteiger partial charge in [-0.25, -0.2) is 4.98 Å². The molecule has 1 aromatic heterocycles. The number of nitrogens with zero attached hydrogens (tertiary/aromatic N) is 3. The van der Waals surface area contributed by atoms with Crippen molar-refractivity contribution in [2.45, 2.75) is 12.3 Å². The van der Waals surface area contributed by atoms with Crippen LogP contribution in [0.1, 0.15) is 10.7 Å². The first kappa shape index (κ1) is 18.5. The zero-order chi connectivity index (χ0) is 16.5. The fourth-order valence-corrected chi connectivity index (χ4v) is 3.57. The minimum Gasteiger partial charge on any atom is -0.370 e. The lowest BCUT2D eigenvalue weighted by Gasteiger charge is -2.07. The Hall–Kier alpha value is -1.52. The Morgan fingerprint density at radius 3 is 2.91 bits per heavy atom. The minimum absolute atomic E-state index is 0.295. The number of hydrogen-bond donors (Lipinski definition) is 2. The van der Waals surface area contributed by atoms with Crippen LogP contribution in [0.15, 0.2) is 17.4 Å². The van der Waals surface area contributed by atoms with Gasteiger partial charge in [0.1, 0.15) is 5.01 Å². The molecule has 0 spiro atoms. The molecule has 1 heterocycles. The van der Waals surface area contributed by atoms with Crippen molar-refractivity contribution >= 4 is 22.1 Å². The Labute approximate surface area is 136 Å². The molecule has 0 aromatic carbocycles. The molecule has 22 heavy (non-hydrogen) atoms. The summed E-state index contributed by atoms with van der Waals surface area (Å²) in [4.78, 5) is 16.3. The third-order valence-corrected chi connectivity index (χ3v) is 4.67. The number of nitro groups is 1. The first-order valence-electron chi connectivity index (χ1n) is 6.60. The van der Waals surface area contributed by atoms with E-state index in [-0.39, 0.29) is 0 Å². The third-order valence-electron chi connectivity index (χ3n) is 2.51. The summed E-state index contributed by atoms with van der Waals surface area (Å²) in [5, 5.41) is 18.8. The summed E-state index contributed by atoms with van der Waals surface area (Å²) < 4.78 is 12.0. The van der Waals surface area contributed by atoms with Gasteiger partial charge in [0.15, 0.2) is 5.82 Å². The quantitative estimate of drug-likeness (QED) is 0.465. The highest BCUT2D eigenvalue weighted by atomic mass is 32.2. The maximum Gasteiger partial charge on any atom is 0.274 e. The molecule has 2 N–H and O–H groups in total. The molecule has 10 heteroatoms. The van der Waals surface area contributed by atoms with Crippen LogP contribution in [-0.2, 0) is 23.1 Å². The molecular weight excluding hydrogens is 326 g/mol. The van der Waals surface area contributed by atoms with Gasteiger partial charge >= 0.3 is 0 Å². The summed E-state index contributed by atoms with van der Waals surface area (Å²) in [7, 11) is 4.48. The molecule has 0 aliphatic carbocycles. The minimum atomic E-state index is -1.06. The van der Waals surface area contributed by atoms with Crippen molar-refractivity contribution in [3.63, 3.8) is 0 Å². The Bertz CT molecular complexity index is 545. The average molecular weight is 347 g/mol. The lowest BCUT2D eigenvalue weighted by Crippen LogP contribution is -2.28. The zero-order valence-electron chi connectivity index (χ0n) is 12.9. The van der Waals surface area contributed by atoms with E-state index in [0.29, 0.717) is 23.9 Å². The van der Waals surface area contributed by atoms with Crippen LogP contribution in [0.2, 0.25) is 0 Å². The van der Waals surface area contributed by atoms with Crippen LogP contribution in [0.3, 0.4) is 0 Å². The second-order valence-corrected chi connectivity index (χ2v) is 7.28. The summed E-state index contributed by atoms with van der Waals surface area (Å²) in [6.45, 7) is 1.16. The van der Waals surface area contributed by atoms with Gasteiger partial charge in [-0.2, -0.15) is 0 Å². The lowest BCUT2D eigenvalue weighted by atomic mass is 10.5. The van der Waals surface area contributed by atoms with E-state index < -0.39 is 15.7 Å². The van der Waals surface area contributed by atoms with Crippen LogP contribution in [0.25, 0.3) is 0 Å². The average Bonchev–Trinajstić information content (AvgIpc) is 2.83. The Kier molecular flexibility index (Phi) is 7.99. The smallest absolute Gasteiger partial charge is 0.274 e. The summed E-state index contributed by atoms with van der Waals surface area (Å²) in [6.07, 6.45) is 0.844. The fourth-order valence-electron chi connectivity index (χ4n) is 1.60. The van der Waals surface area contributed by atoms with Crippen LogP contribution < -0.4 is 10.6 Å². The number of hydrogen-bond acceptors (Lipinski definition) is 8. The molecule has 1 aromatic rings. The van der Waals surface area contributed by atoms with Crippen molar-refractivity contribution in [2.24, 2.45) is 0 Å². The normalized spacial score (nSPS) is 13.2. The van der Waals surface area contributed by atoms with Gasteiger partial charge < -0.3 is 15.5 Å². The predicted octanol–water partition coefficient (Wildman–Crippen LogP) is 0.338. The monoisotopic (exact) mass is 347 g/mol. The molecule has 124 valence electrons. The van der Waals surface area contributed by atoms with Crippen LogP contribution in [0.4, 0.5) is 0 Å². The van der Waals surface area contributed by atoms with E-state index in [1.807, 2.05) is 24.4 Å². The van der Waals surface area contributed by atoms with Crippen LogP contribution in [-0.4, -0.2) is 52.5 Å². The largest absolute Gasteiger partial charge is 0.370 e. The third kappa shape index (κ3) is 7.48. The lowest BCUT2D eigenvalue weighted by molar-refractivity contribution is -0.404. The molecule has 0 fully saturated rings. The topological polar surface area (TPSA) is 100 Å². The predicted molar refractivity (Wildman–Crippen MR) is 88.4 cm³/mol. The zero-order valence-corrected chi connectivity index (χ0v) is 14.5. The molecule has 0 radical (unpaired) electrons. The first-order valence-corrected chi connectivity index (χ1v) is 8.97. The number of nitrogens with one attached hydrogen (secondary N) is 2. The molecule has 0 saturated heterocycles. The van der Waals surface area contributed by atoms with Gasteiger partial charge in [-0.3, -0.25) is 14.3 Å². The van der Waals surface area contributed by atoms with Gasteiger partial charge in [0.05, 0.1) is 16.4 Å². The van der Waals surface area contributed by atoms with Crippen LogP contribution in [0.5, 0.6) is 0 Å². The fraction of sp³-hybridized carbons (Fsp3) is 0.583. The van der Waals surface area contributed by atoms with Crippen molar-refractivity contribution in [3.8, 4) is 0 Å². The Morgan fingerprint density at radius 1 is 1.59 bits per heavy atom. The summed E-state index contributed by atoms with van der Waals surface area (Å²) in [5.74, 6) is 1.10.